The van der Waals surface area contributed by atoms with Crippen LogP contribution in [-0.2, 0) is 12.5 Å². The van der Waals surface area contributed by atoms with Gasteiger partial charge >= 0.3 is 0 Å². The Hall–Kier alpha value is 0.450. The predicted molar refractivity (Wildman–Crippen MR) is 87.8 cm³/mol. The zero-order valence-corrected chi connectivity index (χ0v) is 15.4. The van der Waals surface area contributed by atoms with E-state index in [0.717, 1.165) is 24.7 Å². The van der Waals surface area contributed by atoms with Gasteiger partial charge in [-0.3, -0.25) is 0 Å². The lowest BCUT2D eigenvalue weighted by molar-refractivity contribution is 0.305. The molecule has 1 aromatic carbocycles. The number of alkyl halides is 1. The van der Waals surface area contributed by atoms with E-state index in [0.29, 0.717) is 12.5 Å². The quantitative estimate of drug-likeness (QED) is 0.468. The summed E-state index contributed by atoms with van der Waals surface area (Å²) < 4.78 is 8.72. The maximum atomic E-state index is 5.82. The summed E-state index contributed by atoms with van der Waals surface area (Å²) in [4.78, 5) is 1.17. The molecular formula is C12H8Br3ClOS. The minimum atomic E-state index is 0.481. The third-order valence-electron chi connectivity index (χ3n) is 2.19. The number of hydrogen-bond donors (Lipinski definition) is 0. The van der Waals surface area contributed by atoms with E-state index in [1.54, 1.807) is 11.3 Å². The standard InChI is InChI=1S/C12H8Br3ClOS/c13-8-3-9(18-6-8)5-17-12-10(14)1-7(4-16)2-11(12)15/h1-3,6H,4-5H2. The monoisotopic (exact) mass is 472 g/mol. The van der Waals surface area contributed by atoms with Crippen molar-refractivity contribution in [3.63, 3.8) is 0 Å². The summed E-state index contributed by atoms with van der Waals surface area (Å²) in [5.41, 5.74) is 1.04. The molecule has 1 nitrogen and oxygen atoms in total. The van der Waals surface area contributed by atoms with E-state index >= 15 is 0 Å². The van der Waals surface area contributed by atoms with E-state index in [1.165, 1.54) is 4.88 Å². The molecule has 0 spiro atoms. The number of thiophene rings is 1. The largest absolute Gasteiger partial charge is 0.486 e. The predicted octanol–water partition coefficient (Wildman–Crippen LogP) is 6.35. The lowest BCUT2D eigenvalue weighted by Crippen LogP contribution is -1.95. The van der Waals surface area contributed by atoms with Gasteiger partial charge in [-0.2, -0.15) is 0 Å². The van der Waals surface area contributed by atoms with Crippen LogP contribution in [0.1, 0.15) is 10.4 Å². The topological polar surface area (TPSA) is 9.23 Å². The van der Waals surface area contributed by atoms with E-state index in [-0.39, 0.29) is 0 Å². The Morgan fingerprint density at radius 2 is 1.78 bits per heavy atom. The number of hydrogen-bond acceptors (Lipinski definition) is 2. The Kier molecular flexibility index (Phi) is 5.57. The second-order valence-electron chi connectivity index (χ2n) is 3.54. The van der Waals surface area contributed by atoms with Crippen molar-refractivity contribution in [2.45, 2.75) is 12.5 Å². The van der Waals surface area contributed by atoms with Crippen molar-refractivity contribution in [3.8, 4) is 5.75 Å². The second kappa shape index (κ2) is 6.75. The SMILES string of the molecule is ClCc1cc(Br)c(OCc2cc(Br)cs2)c(Br)c1. The van der Waals surface area contributed by atoms with Crippen molar-refractivity contribution in [2.24, 2.45) is 0 Å². The lowest BCUT2D eigenvalue weighted by atomic mass is 10.2. The highest BCUT2D eigenvalue weighted by molar-refractivity contribution is 9.11. The van der Waals surface area contributed by atoms with Crippen molar-refractivity contribution < 1.29 is 4.74 Å². The number of halogens is 4. The summed E-state index contributed by atoms with van der Waals surface area (Å²) >= 11 is 17.9. The smallest absolute Gasteiger partial charge is 0.148 e. The molecule has 0 amide bonds. The van der Waals surface area contributed by atoms with Gasteiger partial charge in [0.2, 0.25) is 0 Å². The van der Waals surface area contributed by atoms with Crippen LogP contribution in [0.2, 0.25) is 0 Å². The van der Waals surface area contributed by atoms with Crippen LogP contribution in [0.25, 0.3) is 0 Å². The molecule has 0 aliphatic heterocycles. The van der Waals surface area contributed by atoms with Gasteiger partial charge in [-0.1, -0.05) is 0 Å². The number of rotatable bonds is 4. The van der Waals surface area contributed by atoms with Crippen molar-refractivity contribution in [3.05, 3.63) is 47.4 Å². The van der Waals surface area contributed by atoms with Crippen LogP contribution in [0.3, 0.4) is 0 Å². The van der Waals surface area contributed by atoms with Gasteiger partial charge < -0.3 is 4.74 Å². The maximum Gasteiger partial charge on any atom is 0.148 e. The third kappa shape index (κ3) is 3.73. The van der Waals surface area contributed by atoms with Crippen LogP contribution in [0.4, 0.5) is 0 Å². The molecule has 0 atom stereocenters. The van der Waals surface area contributed by atoms with Gasteiger partial charge in [0.15, 0.2) is 0 Å². The van der Waals surface area contributed by atoms with E-state index in [1.807, 2.05) is 17.5 Å². The first-order valence-corrected chi connectivity index (χ1v) is 8.79. The van der Waals surface area contributed by atoms with Crippen molar-refractivity contribution in [2.75, 3.05) is 0 Å². The first-order valence-electron chi connectivity index (χ1n) is 4.99. The van der Waals surface area contributed by atoms with E-state index < -0.39 is 0 Å². The van der Waals surface area contributed by atoms with Gasteiger partial charge in [-0.25, -0.2) is 0 Å². The summed E-state index contributed by atoms with van der Waals surface area (Å²) in [5.74, 6) is 1.28. The molecule has 0 saturated carbocycles. The molecule has 2 aromatic rings. The summed E-state index contributed by atoms with van der Waals surface area (Å²) in [6.07, 6.45) is 0. The summed E-state index contributed by atoms with van der Waals surface area (Å²) in [6.45, 7) is 0.549. The Labute approximate surface area is 140 Å². The molecule has 0 aliphatic carbocycles. The average molecular weight is 475 g/mol. The van der Waals surface area contributed by atoms with Crippen molar-refractivity contribution in [1.82, 2.24) is 0 Å². The molecule has 0 saturated heterocycles. The molecule has 0 fully saturated rings. The average Bonchev–Trinajstić information content (AvgIpc) is 2.73. The maximum absolute atomic E-state index is 5.82. The Morgan fingerprint density at radius 1 is 1.11 bits per heavy atom. The first-order chi connectivity index (χ1) is 8.60. The minimum absolute atomic E-state index is 0.481. The third-order valence-corrected chi connectivity index (χ3v) is 5.35. The molecule has 1 heterocycles. The zero-order valence-electron chi connectivity index (χ0n) is 9.05. The summed E-state index contributed by atoms with van der Waals surface area (Å²) in [5, 5.41) is 2.04. The van der Waals surface area contributed by atoms with Crippen molar-refractivity contribution in [1.29, 1.82) is 0 Å². The highest BCUT2D eigenvalue weighted by atomic mass is 79.9. The molecule has 96 valence electrons. The number of benzene rings is 1. The van der Waals surface area contributed by atoms with Gasteiger partial charge in [0.1, 0.15) is 12.4 Å². The zero-order chi connectivity index (χ0) is 13.1. The van der Waals surface area contributed by atoms with Gasteiger partial charge in [0.25, 0.3) is 0 Å². The molecule has 0 bridgehead atoms. The van der Waals surface area contributed by atoms with E-state index in [2.05, 4.69) is 53.9 Å². The molecule has 6 heteroatoms. The van der Waals surface area contributed by atoms with E-state index in [4.69, 9.17) is 16.3 Å². The van der Waals surface area contributed by atoms with Gasteiger partial charge in [-0.15, -0.1) is 22.9 Å². The van der Waals surface area contributed by atoms with Gasteiger partial charge in [-0.05, 0) is 71.6 Å². The fraction of sp³-hybridized carbons (Fsp3) is 0.167. The van der Waals surface area contributed by atoms with Crippen LogP contribution in [0.5, 0.6) is 5.75 Å². The highest BCUT2D eigenvalue weighted by Gasteiger charge is 2.09. The molecule has 0 radical (unpaired) electrons. The fourth-order valence-corrected chi connectivity index (χ4v) is 4.43. The summed E-state index contributed by atoms with van der Waals surface area (Å²) in [6, 6.07) is 5.99. The van der Waals surface area contributed by atoms with Crippen LogP contribution >= 0.6 is 70.7 Å². The van der Waals surface area contributed by atoms with E-state index in [9.17, 15) is 0 Å². The Morgan fingerprint density at radius 3 is 2.28 bits per heavy atom. The number of ether oxygens (including phenoxy) is 1. The van der Waals surface area contributed by atoms with Crippen LogP contribution < -0.4 is 4.74 Å². The van der Waals surface area contributed by atoms with Gasteiger partial charge in [0.05, 0.1) is 8.95 Å². The van der Waals surface area contributed by atoms with Gasteiger partial charge in [0, 0.05) is 20.6 Å². The van der Waals surface area contributed by atoms with Crippen LogP contribution in [0, 0.1) is 0 Å². The Bertz CT molecular complexity index is 533. The fourth-order valence-electron chi connectivity index (χ4n) is 1.40. The molecular weight excluding hydrogens is 467 g/mol. The van der Waals surface area contributed by atoms with Crippen molar-refractivity contribution >= 4 is 70.7 Å². The highest BCUT2D eigenvalue weighted by Crippen LogP contribution is 2.36. The first kappa shape index (κ1) is 14.9. The molecule has 0 aliphatic rings. The minimum Gasteiger partial charge on any atom is -0.486 e. The van der Waals surface area contributed by atoms with Crippen LogP contribution in [-0.4, -0.2) is 0 Å². The van der Waals surface area contributed by atoms with Crippen LogP contribution in [0.15, 0.2) is 37.0 Å². The summed E-state index contributed by atoms with van der Waals surface area (Å²) in [7, 11) is 0. The Balaban J connectivity index is 2.14. The lowest BCUT2D eigenvalue weighted by Gasteiger charge is -2.10. The second-order valence-corrected chi connectivity index (χ2v) is 7.43. The molecule has 1 aromatic heterocycles. The molecule has 0 N–H and O–H groups in total. The normalized spacial score (nSPS) is 10.7. The molecule has 18 heavy (non-hydrogen) atoms. The molecule has 0 unspecified atom stereocenters. The molecule has 2 rings (SSSR count).